The number of furan rings is 1. The zero-order valence-electron chi connectivity index (χ0n) is 17.6. The van der Waals surface area contributed by atoms with Gasteiger partial charge in [0.15, 0.2) is 6.61 Å². The molecule has 1 unspecified atom stereocenters. The molecule has 0 radical (unpaired) electrons. The normalized spacial score (nSPS) is 14.8. The van der Waals surface area contributed by atoms with E-state index < -0.39 is 29.7 Å². The Kier molecular flexibility index (Phi) is 6.64. The fraction of sp³-hybridized carbons (Fsp3) is 0.217. The van der Waals surface area contributed by atoms with Crippen LogP contribution in [0.25, 0.3) is 11.0 Å². The summed E-state index contributed by atoms with van der Waals surface area (Å²) in [6.07, 6.45) is -0.194. The van der Waals surface area contributed by atoms with Gasteiger partial charge in [0.05, 0.1) is 24.0 Å². The van der Waals surface area contributed by atoms with Gasteiger partial charge in [-0.1, -0.05) is 24.3 Å². The lowest BCUT2D eigenvalue weighted by Crippen LogP contribution is -2.32. The van der Waals surface area contributed by atoms with E-state index in [0.29, 0.717) is 16.7 Å². The summed E-state index contributed by atoms with van der Waals surface area (Å²) in [6.45, 7) is 1.20. The largest absolute Gasteiger partial charge is 0.460 e. The molecular formula is C23H20N2O7S. The maximum atomic E-state index is 12.4. The van der Waals surface area contributed by atoms with E-state index in [1.54, 1.807) is 37.3 Å². The Hall–Kier alpha value is -3.79. The lowest BCUT2D eigenvalue weighted by molar-refractivity contribution is -0.147. The molecule has 1 aromatic heterocycles. The number of carbonyl (C=O) groups is 4. The fourth-order valence-corrected chi connectivity index (χ4v) is 4.36. The van der Waals surface area contributed by atoms with E-state index in [2.05, 4.69) is 10.6 Å². The van der Waals surface area contributed by atoms with Crippen molar-refractivity contribution in [1.82, 2.24) is 0 Å². The second kappa shape index (κ2) is 9.78. The highest BCUT2D eigenvalue weighted by atomic mass is 32.2. The maximum Gasteiger partial charge on any atom is 0.376 e. The van der Waals surface area contributed by atoms with Crippen LogP contribution in [0.4, 0.5) is 11.4 Å². The summed E-state index contributed by atoms with van der Waals surface area (Å²) >= 11 is 1.27. The fourth-order valence-electron chi connectivity index (χ4n) is 3.27. The van der Waals surface area contributed by atoms with Crippen LogP contribution in [-0.2, 0) is 23.9 Å². The topological polar surface area (TPSA) is 124 Å². The quantitative estimate of drug-likeness (QED) is 0.504. The highest BCUT2D eigenvalue weighted by Crippen LogP contribution is 2.36. The minimum atomic E-state index is -0.721. The molecule has 33 heavy (non-hydrogen) atoms. The van der Waals surface area contributed by atoms with Crippen LogP contribution in [0.15, 0.2) is 57.8 Å². The molecule has 2 N–H and O–H groups in total. The third-order valence-electron chi connectivity index (χ3n) is 4.74. The summed E-state index contributed by atoms with van der Waals surface area (Å²) in [6, 6.07) is 14.1. The Morgan fingerprint density at radius 2 is 1.85 bits per heavy atom. The predicted molar refractivity (Wildman–Crippen MR) is 121 cm³/mol. The van der Waals surface area contributed by atoms with Gasteiger partial charge in [-0.15, -0.1) is 11.8 Å². The van der Waals surface area contributed by atoms with Gasteiger partial charge in [-0.3, -0.25) is 14.4 Å². The molecule has 1 aliphatic rings. The first-order valence-corrected chi connectivity index (χ1v) is 11.0. The molecule has 0 aliphatic carbocycles. The summed E-state index contributed by atoms with van der Waals surface area (Å²) in [5, 5.41) is 5.16. The Morgan fingerprint density at radius 1 is 1.09 bits per heavy atom. The number of amides is 2. The van der Waals surface area contributed by atoms with E-state index in [1.807, 2.05) is 18.2 Å². The van der Waals surface area contributed by atoms with Gasteiger partial charge in [-0.05, 0) is 31.2 Å². The minimum Gasteiger partial charge on any atom is -0.460 e. The highest BCUT2D eigenvalue weighted by Gasteiger charge is 2.30. The molecule has 9 nitrogen and oxygen atoms in total. The number of esters is 2. The van der Waals surface area contributed by atoms with Crippen molar-refractivity contribution in [2.45, 2.75) is 23.5 Å². The monoisotopic (exact) mass is 468 g/mol. The third kappa shape index (κ3) is 5.01. The molecule has 10 heteroatoms. The summed E-state index contributed by atoms with van der Waals surface area (Å²) in [5.41, 5.74) is 1.23. The first-order chi connectivity index (χ1) is 16.0. The van der Waals surface area contributed by atoms with Crippen molar-refractivity contribution in [2.24, 2.45) is 0 Å². The number of anilines is 2. The van der Waals surface area contributed by atoms with E-state index in [1.165, 1.54) is 11.8 Å². The van der Waals surface area contributed by atoms with Crippen molar-refractivity contribution in [2.75, 3.05) is 23.8 Å². The summed E-state index contributed by atoms with van der Waals surface area (Å²) in [5.74, 6) is -2.52. The molecule has 0 bridgehead atoms. The van der Waals surface area contributed by atoms with Gasteiger partial charge in [0.2, 0.25) is 11.7 Å². The Morgan fingerprint density at radius 3 is 2.67 bits per heavy atom. The van der Waals surface area contributed by atoms with Gasteiger partial charge in [-0.25, -0.2) is 4.79 Å². The number of nitrogens with one attached hydrogen (secondary N) is 2. The van der Waals surface area contributed by atoms with E-state index in [9.17, 15) is 19.2 Å². The van der Waals surface area contributed by atoms with Crippen molar-refractivity contribution in [1.29, 1.82) is 0 Å². The van der Waals surface area contributed by atoms with Crippen molar-refractivity contribution >= 4 is 57.9 Å². The van der Waals surface area contributed by atoms with Gasteiger partial charge >= 0.3 is 11.9 Å². The zero-order chi connectivity index (χ0) is 23.4. The number of fused-ring (bicyclic) bond motifs is 2. The van der Waals surface area contributed by atoms with Crippen molar-refractivity contribution < 1.29 is 33.1 Å². The number of carbonyl (C=O) groups excluding carboxylic acids is 4. The summed E-state index contributed by atoms with van der Waals surface area (Å²) in [4.78, 5) is 50.0. The molecule has 0 saturated heterocycles. The molecule has 4 rings (SSSR count). The number of thioether (sulfide) groups is 1. The van der Waals surface area contributed by atoms with Gasteiger partial charge in [0, 0.05) is 10.3 Å². The standard InChI is InChI=1S/C23H20N2O7S/c1-2-30-23(29)21-20(13-7-3-5-9-15(13)32-21)25-18(26)12-31-19(27)11-17-22(28)24-14-8-4-6-10-16(14)33-17/h3-10,17H,2,11-12H2,1H3,(H,24,28)(H,25,26). The highest BCUT2D eigenvalue weighted by molar-refractivity contribution is 8.01. The van der Waals surface area contributed by atoms with Crippen molar-refractivity contribution in [3.63, 3.8) is 0 Å². The van der Waals surface area contributed by atoms with Crippen LogP contribution in [0.1, 0.15) is 23.9 Å². The van der Waals surface area contributed by atoms with Crippen LogP contribution in [0, 0.1) is 0 Å². The lowest BCUT2D eigenvalue weighted by Gasteiger charge is -2.23. The van der Waals surface area contributed by atoms with Crippen LogP contribution in [0.5, 0.6) is 0 Å². The van der Waals surface area contributed by atoms with Crippen LogP contribution < -0.4 is 10.6 Å². The number of rotatable bonds is 7. The second-order valence-corrected chi connectivity index (χ2v) is 8.27. The SMILES string of the molecule is CCOC(=O)c1oc2ccccc2c1NC(=O)COC(=O)CC1Sc2ccccc2NC1=O. The molecule has 1 atom stereocenters. The zero-order valence-corrected chi connectivity index (χ0v) is 18.4. The number of hydrogen-bond donors (Lipinski definition) is 2. The maximum absolute atomic E-state index is 12.4. The summed E-state index contributed by atoms with van der Waals surface area (Å²) < 4.78 is 15.6. The number of benzene rings is 2. The van der Waals surface area contributed by atoms with Crippen LogP contribution >= 0.6 is 11.8 Å². The number of ether oxygens (including phenoxy) is 2. The predicted octanol–water partition coefficient (Wildman–Crippen LogP) is 3.59. The molecule has 2 heterocycles. The van der Waals surface area contributed by atoms with E-state index in [-0.39, 0.29) is 30.4 Å². The van der Waals surface area contributed by atoms with Crippen molar-refractivity contribution in [3.05, 3.63) is 54.3 Å². The van der Waals surface area contributed by atoms with E-state index >= 15 is 0 Å². The minimum absolute atomic E-state index is 0.137. The summed E-state index contributed by atoms with van der Waals surface area (Å²) in [7, 11) is 0. The second-order valence-electron chi connectivity index (χ2n) is 7.03. The Bertz CT molecular complexity index is 1240. The van der Waals surface area contributed by atoms with Crippen LogP contribution in [0.2, 0.25) is 0 Å². The molecule has 2 aromatic carbocycles. The average molecular weight is 468 g/mol. The van der Waals surface area contributed by atoms with E-state index in [0.717, 1.165) is 4.90 Å². The average Bonchev–Trinajstić information content (AvgIpc) is 3.17. The molecule has 2 amide bonds. The van der Waals surface area contributed by atoms with Gasteiger partial charge in [-0.2, -0.15) is 0 Å². The Labute approximate surface area is 192 Å². The molecular weight excluding hydrogens is 448 g/mol. The molecule has 3 aromatic rings. The first-order valence-electron chi connectivity index (χ1n) is 10.2. The van der Waals surface area contributed by atoms with Crippen molar-refractivity contribution in [3.8, 4) is 0 Å². The van der Waals surface area contributed by atoms with Gasteiger partial charge in [0.25, 0.3) is 5.91 Å². The molecule has 0 saturated carbocycles. The van der Waals surface area contributed by atoms with Gasteiger partial charge in [0.1, 0.15) is 11.3 Å². The molecule has 0 spiro atoms. The Balaban J connectivity index is 1.37. The number of para-hydroxylation sites is 2. The molecule has 1 aliphatic heterocycles. The van der Waals surface area contributed by atoms with Crippen LogP contribution in [-0.4, -0.2) is 42.2 Å². The molecule has 170 valence electrons. The molecule has 0 fully saturated rings. The van der Waals surface area contributed by atoms with Crippen LogP contribution in [0.3, 0.4) is 0 Å². The lowest BCUT2D eigenvalue weighted by atomic mass is 10.2. The third-order valence-corrected chi connectivity index (χ3v) is 6.02. The number of hydrogen-bond acceptors (Lipinski definition) is 8. The van der Waals surface area contributed by atoms with E-state index in [4.69, 9.17) is 13.9 Å². The first kappa shape index (κ1) is 22.4. The van der Waals surface area contributed by atoms with Gasteiger partial charge < -0.3 is 24.5 Å². The smallest absolute Gasteiger partial charge is 0.376 e.